The van der Waals surface area contributed by atoms with Gasteiger partial charge in [0.1, 0.15) is 18.2 Å². The minimum Gasteiger partial charge on any atom is -0.390 e. The lowest BCUT2D eigenvalue weighted by Crippen LogP contribution is -2.36. The molecule has 1 saturated carbocycles. The van der Waals surface area contributed by atoms with Crippen LogP contribution < -0.4 is 5.32 Å². The molecule has 1 heterocycles. The van der Waals surface area contributed by atoms with Crippen LogP contribution in [0, 0.1) is 24.5 Å². The average Bonchev–Trinajstić information content (AvgIpc) is 2.85. The van der Waals surface area contributed by atoms with Gasteiger partial charge >= 0.3 is 0 Å². The summed E-state index contributed by atoms with van der Waals surface area (Å²) in [6.45, 7) is 1.79. The fraction of sp³-hybridized carbons (Fsp3) is 0.412. The molecule has 1 fully saturated rings. The fourth-order valence-corrected chi connectivity index (χ4v) is 3.19. The van der Waals surface area contributed by atoms with Gasteiger partial charge in [-0.15, -0.1) is 0 Å². The summed E-state index contributed by atoms with van der Waals surface area (Å²) in [6.07, 6.45) is -1.99. The quantitative estimate of drug-likeness (QED) is 0.663. The van der Waals surface area contributed by atoms with Crippen LogP contribution in [0.1, 0.15) is 23.8 Å². The summed E-state index contributed by atoms with van der Waals surface area (Å²) in [5, 5.41) is 34.0. The summed E-state index contributed by atoms with van der Waals surface area (Å²) in [4.78, 5) is 8.02. The van der Waals surface area contributed by atoms with Gasteiger partial charge in [-0.1, -0.05) is 6.07 Å². The van der Waals surface area contributed by atoms with E-state index in [1.165, 1.54) is 12.4 Å². The van der Waals surface area contributed by atoms with E-state index in [0.717, 1.165) is 17.8 Å². The molecule has 134 valence electrons. The number of aliphatic hydroxyl groups is 3. The second-order valence-electron chi connectivity index (χ2n) is 6.29. The Balaban J connectivity index is 1.75. The molecular formula is C17H19F2N3O3. The van der Waals surface area contributed by atoms with Gasteiger partial charge in [0.2, 0.25) is 0 Å². The third kappa shape index (κ3) is 3.60. The highest BCUT2D eigenvalue weighted by molar-refractivity contribution is 5.37. The Hall–Kier alpha value is -2.16. The third-order valence-corrected chi connectivity index (χ3v) is 4.55. The van der Waals surface area contributed by atoms with Crippen molar-refractivity contribution in [1.82, 2.24) is 9.97 Å². The Kier molecular flexibility index (Phi) is 4.94. The largest absolute Gasteiger partial charge is 0.390 e. The van der Waals surface area contributed by atoms with E-state index < -0.39 is 41.9 Å². The number of rotatable bonds is 4. The molecule has 1 aromatic carbocycles. The van der Waals surface area contributed by atoms with E-state index in [-0.39, 0.29) is 12.0 Å². The van der Waals surface area contributed by atoms with Gasteiger partial charge in [-0.25, -0.2) is 18.7 Å². The van der Waals surface area contributed by atoms with Crippen molar-refractivity contribution in [3.63, 3.8) is 0 Å². The molecule has 8 heteroatoms. The van der Waals surface area contributed by atoms with E-state index in [9.17, 15) is 24.1 Å². The molecule has 6 nitrogen and oxygen atoms in total. The molecule has 25 heavy (non-hydrogen) atoms. The number of aromatic nitrogens is 2. The molecule has 0 spiro atoms. The molecule has 3 rings (SSSR count). The summed E-state index contributed by atoms with van der Waals surface area (Å²) in [5.41, 5.74) is 0.887. The van der Waals surface area contributed by atoms with Crippen molar-refractivity contribution in [3.05, 3.63) is 53.5 Å². The minimum atomic E-state index is -1.24. The maximum absolute atomic E-state index is 13.4. The molecular weight excluding hydrogens is 332 g/mol. The van der Waals surface area contributed by atoms with Gasteiger partial charge in [0.25, 0.3) is 0 Å². The van der Waals surface area contributed by atoms with Gasteiger partial charge in [-0.2, -0.15) is 0 Å². The van der Waals surface area contributed by atoms with E-state index in [2.05, 4.69) is 15.3 Å². The molecule has 0 saturated heterocycles. The number of hydrogen-bond donors (Lipinski definition) is 4. The first-order valence-electron chi connectivity index (χ1n) is 7.91. The molecule has 0 unspecified atom stereocenters. The molecule has 1 aromatic heterocycles. The summed E-state index contributed by atoms with van der Waals surface area (Å²) >= 11 is 0. The van der Waals surface area contributed by atoms with E-state index in [1.807, 2.05) is 0 Å². The highest BCUT2D eigenvalue weighted by Crippen LogP contribution is 2.37. The second kappa shape index (κ2) is 6.99. The van der Waals surface area contributed by atoms with Crippen LogP contribution in [-0.2, 0) is 0 Å². The first-order chi connectivity index (χ1) is 11.9. The Labute approximate surface area is 143 Å². The van der Waals surface area contributed by atoms with E-state index in [1.54, 1.807) is 13.0 Å². The van der Waals surface area contributed by atoms with Crippen LogP contribution in [0.4, 0.5) is 14.6 Å². The Morgan fingerprint density at radius 3 is 2.56 bits per heavy atom. The molecule has 2 aromatic rings. The van der Waals surface area contributed by atoms with Gasteiger partial charge in [0.05, 0.1) is 18.2 Å². The molecule has 1 aliphatic rings. The van der Waals surface area contributed by atoms with Crippen molar-refractivity contribution in [2.45, 2.75) is 37.7 Å². The minimum absolute atomic E-state index is 0.147. The van der Waals surface area contributed by atoms with E-state index in [4.69, 9.17) is 0 Å². The van der Waals surface area contributed by atoms with Crippen molar-refractivity contribution in [1.29, 1.82) is 0 Å². The van der Waals surface area contributed by atoms with Crippen LogP contribution in [0.2, 0.25) is 0 Å². The number of benzene rings is 1. The van der Waals surface area contributed by atoms with E-state index in [0.29, 0.717) is 5.82 Å². The Morgan fingerprint density at radius 2 is 1.88 bits per heavy atom. The summed E-state index contributed by atoms with van der Waals surface area (Å²) in [7, 11) is 0. The van der Waals surface area contributed by atoms with Crippen molar-refractivity contribution in [2.24, 2.45) is 5.92 Å². The first-order valence-corrected chi connectivity index (χ1v) is 7.91. The van der Waals surface area contributed by atoms with Crippen LogP contribution in [0.25, 0.3) is 0 Å². The highest BCUT2D eigenvalue weighted by Gasteiger charge is 2.45. The summed E-state index contributed by atoms with van der Waals surface area (Å²) < 4.78 is 26.4. The normalized spacial score (nSPS) is 27.3. The van der Waals surface area contributed by atoms with E-state index >= 15 is 0 Å². The van der Waals surface area contributed by atoms with Gasteiger partial charge in [-0.05, 0) is 31.0 Å². The first kappa shape index (κ1) is 17.7. The maximum Gasteiger partial charge on any atom is 0.159 e. The standard InChI is InChI=1S/C17H19F2N3O3/c1-8-4-14(21-7-20-8)22-13-6-10(16(24)17(13)25)15(23)9-2-3-11(18)12(19)5-9/h2-5,7,10,13,15-17,23-25H,6H2,1H3,(H,20,21,22)/t10-,13-,15-,16-,17+/m1/s1. The molecule has 1 aliphatic carbocycles. The lowest BCUT2D eigenvalue weighted by Gasteiger charge is -2.22. The lowest BCUT2D eigenvalue weighted by atomic mass is 9.92. The van der Waals surface area contributed by atoms with Crippen molar-refractivity contribution in [2.75, 3.05) is 5.32 Å². The van der Waals surface area contributed by atoms with Gasteiger partial charge < -0.3 is 20.6 Å². The van der Waals surface area contributed by atoms with Crippen molar-refractivity contribution in [3.8, 4) is 0 Å². The predicted octanol–water partition coefficient (Wildman–Crippen LogP) is 1.32. The van der Waals surface area contributed by atoms with Crippen LogP contribution in [-0.4, -0.2) is 43.5 Å². The van der Waals surface area contributed by atoms with Crippen LogP contribution in [0.5, 0.6) is 0 Å². The van der Waals surface area contributed by atoms with Gasteiger partial charge in [-0.3, -0.25) is 0 Å². The maximum atomic E-state index is 13.4. The number of nitrogens with zero attached hydrogens (tertiary/aromatic N) is 2. The smallest absolute Gasteiger partial charge is 0.159 e. The number of aliphatic hydroxyl groups excluding tert-OH is 3. The molecule has 0 bridgehead atoms. The zero-order chi connectivity index (χ0) is 18.1. The molecule has 5 atom stereocenters. The molecule has 4 N–H and O–H groups in total. The monoisotopic (exact) mass is 351 g/mol. The number of halogens is 2. The second-order valence-corrected chi connectivity index (χ2v) is 6.29. The lowest BCUT2D eigenvalue weighted by molar-refractivity contribution is -0.0222. The van der Waals surface area contributed by atoms with Gasteiger partial charge in [0, 0.05) is 17.7 Å². The number of hydrogen-bond acceptors (Lipinski definition) is 6. The average molecular weight is 351 g/mol. The molecule has 0 amide bonds. The highest BCUT2D eigenvalue weighted by atomic mass is 19.2. The molecule has 0 aliphatic heterocycles. The van der Waals surface area contributed by atoms with Crippen LogP contribution in [0.15, 0.2) is 30.6 Å². The SMILES string of the molecule is Cc1cc(N[C@@H]2C[C@H]([C@H](O)c3ccc(F)c(F)c3)[C@@H](O)[C@H]2O)ncn1. The predicted molar refractivity (Wildman–Crippen MR) is 85.6 cm³/mol. The topological polar surface area (TPSA) is 98.5 Å². The summed E-state index contributed by atoms with van der Waals surface area (Å²) in [6, 6.07) is 4.22. The Morgan fingerprint density at radius 1 is 1.12 bits per heavy atom. The molecule has 0 radical (unpaired) electrons. The third-order valence-electron chi connectivity index (χ3n) is 4.55. The van der Waals surface area contributed by atoms with Crippen LogP contribution in [0.3, 0.4) is 0 Å². The van der Waals surface area contributed by atoms with Crippen molar-refractivity contribution >= 4 is 5.82 Å². The number of anilines is 1. The van der Waals surface area contributed by atoms with Crippen LogP contribution >= 0.6 is 0 Å². The zero-order valence-electron chi connectivity index (χ0n) is 13.5. The van der Waals surface area contributed by atoms with Crippen molar-refractivity contribution < 1.29 is 24.1 Å². The Bertz CT molecular complexity index is 762. The number of nitrogens with one attached hydrogen (secondary N) is 1. The zero-order valence-corrected chi connectivity index (χ0v) is 13.5. The summed E-state index contributed by atoms with van der Waals surface area (Å²) in [5.74, 6) is -2.33. The van der Waals surface area contributed by atoms with Gasteiger partial charge in [0.15, 0.2) is 11.6 Å². The number of aryl methyl sites for hydroxylation is 1. The fourth-order valence-electron chi connectivity index (χ4n) is 3.19.